The molecule has 13 atom stereocenters. The second-order valence-corrected chi connectivity index (χ2v) is 35.3. The number of hydrogen-bond donors (Lipinski definition) is 3. The molecule has 3 N–H and O–H groups in total. The van der Waals surface area contributed by atoms with E-state index in [1.807, 2.05) is 89.2 Å². The Hall–Kier alpha value is -7.46. The molecule has 732 valence electrons. The lowest BCUT2D eigenvalue weighted by molar-refractivity contribution is -0.147. The molecule has 0 aromatic heterocycles. The minimum absolute atomic E-state index is 0.0512. The Bertz CT molecular complexity index is 3810. The average molecular weight is 1910 g/mol. The van der Waals surface area contributed by atoms with E-state index < -0.39 is 6.10 Å². The summed E-state index contributed by atoms with van der Waals surface area (Å²) in [7, 11) is 6.88. The summed E-state index contributed by atoms with van der Waals surface area (Å²) in [5.74, 6) is 0.713. The third-order valence-electron chi connectivity index (χ3n) is 22.0. The van der Waals surface area contributed by atoms with Crippen LogP contribution < -0.4 is 0 Å². The van der Waals surface area contributed by atoms with E-state index in [2.05, 4.69) is 238 Å². The first-order valence-electron chi connectivity index (χ1n) is 46.7. The maximum absolute atomic E-state index is 12.5. The number of rotatable bonds is 57. The van der Waals surface area contributed by atoms with E-state index >= 15 is 0 Å². The first kappa shape index (κ1) is 130. The van der Waals surface area contributed by atoms with Gasteiger partial charge < -0.3 is 53.2 Å². The van der Waals surface area contributed by atoms with E-state index in [0.717, 1.165) is 88.5 Å². The molecule has 16 nitrogen and oxygen atoms in total. The normalized spacial score (nSPS) is 16.5. The SMILES string of the molecule is C=C/C=C(\CC)C(=O)O[C@@H](C/C=C(C)/C=C(\C)[C@@H](OC)[C@@H](/C=C(/C)C=O)CC)C(C)C.C=C/C=C(\CC)C(=O)O[C@@H](C/C=C(C)/C=C(\C)[C@@H](OC)[C@@H](/C=C(/C)CO)CC)C(C)C.C=C/C=C(\CC)C(=O)O[C@@H](C/C=C(C)/C=C(\C)[C@@H](OC)[C@@H](/C=C(/C)[C@@H](O)CC=C)CC)C(C)C.C=C/C=C(\CC)C(=O)O[C@@H](CC=C(C)C)C(C)C.CC[C@H](/C=C(/C)CO)[C@H](OC)/C(C)=C/I. The van der Waals surface area contributed by atoms with Crippen LogP contribution in [0.4, 0.5) is 0 Å². The molecule has 0 aliphatic carbocycles. The van der Waals surface area contributed by atoms with Gasteiger partial charge in [0.1, 0.15) is 30.7 Å². The van der Waals surface area contributed by atoms with Crippen LogP contribution in [0.2, 0.25) is 0 Å². The third kappa shape index (κ3) is 57.6. The van der Waals surface area contributed by atoms with E-state index in [9.17, 15) is 34.2 Å². The van der Waals surface area contributed by atoms with E-state index in [0.29, 0.717) is 91.1 Å². The summed E-state index contributed by atoms with van der Waals surface area (Å²) < 4.78 is 47.9. The molecule has 0 rings (SSSR count). The van der Waals surface area contributed by atoms with Crippen molar-refractivity contribution in [1.82, 2.24) is 0 Å². The summed E-state index contributed by atoms with van der Waals surface area (Å²) in [5, 5.41) is 28.6. The number of halogens is 1. The van der Waals surface area contributed by atoms with Gasteiger partial charge in [0.15, 0.2) is 0 Å². The monoisotopic (exact) mass is 1910 g/mol. The van der Waals surface area contributed by atoms with Crippen molar-refractivity contribution in [3.63, 3.8) is 0 Å². The summed E-state index contributed by atoms with van der Waals surface area (Å²) >= 11 is 2.23. The fraction of sp³-hybridized carbons (Fsp3) is 0.580. The van der Waals surface area contributed by atoms with Crippen LogP contribution in [0.1, 0.15) is 284 Å². The fourth-order valence-corrected chi connectivity index (χ4v) is 14.2. The van der Waals surface area contributed by atoms with Crippen molar-refractivity contribution in [3.8, 4) is 0 Å². The number of carbonyl (C=O) groups is 5. The number of methoxy groups -OCH3 is 4. The maximum Gasteiger partial charge on any atom is 0.334 e. The topological polar surface area (TPSA) is 220 Å². The number of aliphatic hydroxyl groups is 3. The van der Waals surface area contributed by atoms with Gasteiger partial charge in [-0.05, 0) is 209 Å². The molecule has 0 aromatic rings. The van der Waals surface area contributed by atoms with Crippen LogP contribution in [0.15, 0.2) is 248 Å². The lowest BCUT2D eigenvalue weighted by atomic mass is 9.89. The highest BCUT2D eigenvalue weighted by molar-refractivity contribution is 14.1. The van der Waals surface area contributed by atoms with Crippen molar-refractivity contribution in [2.45, 2.75) is 339 Å². The molecule has 17 heteroatoms. The fourth-order valence-electron chi connectivity index (χ4n) is 13.9. The Balaban J connectivity index is -0.000000511. The summed E-state index contributed by atoms with van der Waals surface area (Å²) in [6, 6.07) is 0. The van der Waals surface area contributed by atoms with E-state index in [1.165, 1.54) is 11.1 Å². The summed E-state index contributed by atoms with van der Waals surface area (Å²) in [6.45, 7) is 77.4. The first-order chi connectivity index (χ1) is 60.8. The lowest BCUT2D eigenvalue weighted by Gasteiger charge is -2.25. The van der Waals surface area contributed by atoms with Crippen molar-refractivity contribution in [3.05, 3.63) is 248 Å². The number of aldehydes is 1. The number of aliphatic hydroxyl groups excluding tert-OH is 3. The summed E-state index contributed by atoms with van der Waals surface area (Å²) in [6.07, 6.45) is 47.3. The van der Waals surface area contributed by atoms with Gasteiger partial charge in [-0.15, -0.1) is 6.58 Å². The number of esters is 4. The van der Waals surface area contributed by atoms with E-state index in [1.54, 1.807) is 83.1 Å². The standard InChI is InChI=1S/C30H48O4.C27H44O4.C27H42O4.C16H26O2.C12H21IO2/c1-11-15-25(13-3)30(32)34-28(21(5)6)18-17-22(7)19-24(9)29(33-10)26(14-4)20-23(8)27(31)16-12-2;2*1-10-13-23(11-2)27(29)31-25(19(4)5)15-14-20(6)16-22(8)26(30-9)24(12-3)17-21(7)18-28;1-7-9-14(8-2)16(17)18-15(13(5)6)11-10-12(3)4;1-5-11(6-9(2)8-14)12(15-4)10(3)7-13/h11-12,15,17,19-21,26-29,31H,1-2,13-14,16,18H2,3-10H3;10,13-14,16-17,19,24-26,28H,1,11-12,15,18H2,2-9H3;10,13-14,16-19,24-26H,1,11-12,15H2,2-9H3;7,9-10,13,15H,1,8,11H2,2-6H3;6-7,11-12,14H,5,8H2,1-4H3/b22-17+,23-20-,24-19+,25-15+;2*20-14+,21-17-,22-16+,23-13+;14-9+;9-6-,10-7+/t26-,27+,28+,29-;2*24-,25+,26-;15-;11-,12-/m11101/s1. The Morgan fingerprint density at radius 3 is 0.798 bits per heavy atom. The smallest absolute Gasteiger partial charge is 0.334 e. The molecule has 0 heterocycles. The molecule has 0 aromatic carbocycles. The summed E-state index contributed by atoms with van der Waals surface area (Å²) in [4.78, 5) is 60.4. The minimum atomic E-state index is -0.514. The van der Waals surface area contributed by atoms with Gasteiger partial charge in [0.25, 0.3) is 0 Å². The van der Waals surface area contributed by atoms with Gasteiger partial charge in [-0.2, -0.15) is 0 Å². The van der Waals surface area contributed by atoms with Crippen LogP contribution >= 0.6 is 22.6 Å². The minimum Gasteiger partial charge on any atom is -0.458 e. The Morgan fingerprint density at radius 2 is 0.597 bits per heavy atom. The van der Waals surface area contributed by atoms with E-state index in [-0.39, 0.29) is 121 Å². The average Bonchev–Trinajstić information content (AvgIpc) is 0.608. The van der Waals surface area contributed by atoms with Gasteiger partial charge >= 0.3 is 23.9 Å². The van der Waals surface area contributed by atoms with Crippen molar-refractivity contribution in [1.29, 1.82) is 0 Å². The van der Waals surface area contributed by atoms with Gasteiger partial charge in [0.05, 0.1) is 43.7 Å². The lowest BCUT2D eigenvalue weighted by Crippen LogP contribution is -2.24. The van der Waals surface area contributed by atoms with Crippen LogP contribution in [-0.4, -0.2) is 142 Å². The highest BCUT2D eigenvalue weighted by Gasteiger charge is 2.28. The quantitative estimate of drug-likeness (QED) is 0.00980. The second-order valence-electron chi connectivity index (χ2n) is 34.7. The van der Waals surface area contributed by atoms with Crippen LogP contribution in [0.3, 0.4) is 0 Å². The van der Waals surface area contributed by atoms with Gasteiger partial charge in [0, 0.05) is 100 Å². The predicted octanol–water partition coefficient (Wildman–Crippen LogP) is 27.9. The molecule has 0 bridgehead atoms. The molecule has 0 aliphatic rings. The molecular formula is C112H181IO16. The largest absolute Gasteiger partial charge is 0.458 e. The first-order valence-corrected chi connectivity index (χ1v) is 47.9. The van der Waals surface area contributed by atoms with Gasteiger partial charge in [0.2, 0.25) is 0 Å². The molecule has 0 spiro atoms. The molecule has 129 heavy (non-hydrogen) atoms. The molecule has 0 fully saturated rings. The zero-order chi connectivity index (χ0) is 100. The molecule has 0 unspecified atom stereocenters. The van der Waals surface area contributed by atoms with Gasteiger partial charge in [-0.25, -0.2) is 19.2 Å². The van der Waals surface area contributed by atoms with Crippen molar-refractivity contribution < 1.29 is 77.2 Å². The second kappa shape index (κ2) is 78.1. The third-order valence-corrected chi connectivity index (χ3v) is 23.0. The highest BCUT2D eigenvalue weighted by atomic mass is 127. The number of hydrogen-bond acceptors (Lipinski definition) is 16. The van der Waals surface area contributed by atoms with E-state index in [4.69, 9.17) is 43.0 Å². The zero-order valence-corrected chi connectivity index (χ0v) is 88.8. The van der Waals surface area contributed by atoms with Crippen LogP contribution in [0.25, 0.3) is 0 Å². The number of ether oxygens (including phenoxy) is 8. The molecule has 0 saturated carbocycles. The Kier molecular flexibility index (Phi) is 78.7. The predicted molar refractivity (Wildman–Crippen MR) is 556 cm³/mol. The van der Waals surface area contributed by atoms with Crippen molar-refractivity contribution in [2.75, 3.05) is 41.7 Å². The van der Waals surface area contributed by atoms with Gasteiger partial charge in [-0.3, -0.25) is 4.79 Å². The number of carbonyl (C=O) groups excluding carboxylic acids is 5. The van der Waals surface area contributed by atoms with Crippen molar-refractivity contribution >= 4 is 52.8 Å². The van der Waals surface area contributed by atoms with Crippen LogP contribution in [0, 0.1) is 47.3 Å². The van der Waals surface area contributed by atoms with Gasteiger partial charge in [-0.1, -0.05) is 315 Å². The maximum atomic E-state index is 12.5. The molecule has 0 amide bonds. The molecule has 0 saturated heterocycles. The summed E-state index contributed by atoms with van der Waals surface area (Å²) in [5.41, 5.74) is 15.3. The van der Waals surface area contributed by atoms with Crippen molar-refractivity contribution in [2.24, 2.45) is 47.3 Å². The Morgan fingerprint density at radius 1 is 0.349 bits per heavy atom. The zero-order valence-electron chi connectivity index (χ0n) is 86.7. The highest BCUT2D eigenvalue weighted by Crippen LogP contribution is 2.30. The Labute approximate surface area is 800 Å². The molecule has 0 aliphatic heterocycles. The number of allylic oxidation sites excluding steroid dienone is 16. The van der Waals surface area contributed by atoms with Crippen LogP contribution in [-0.2, 0) is 61.9 Å². The molecular weight excluding hydrogens is 1730 g/mol. The molecule has 0 radical (unpaired) electrons. The van der Waals surface area contributed by atoms with Crippen LogP contribution in [0.5, 0.6) is 0 Å².